The zero-order valence-electron chi connectivity index (χ0n) is 10.5. The summed E-state index contributed by atoms with van der Waals surface area (Å²) in [7, 11) is 0. The Hall–Kier alpha value is -2.45. The maximum atomic E-state index is 10.1. The molecule has 0 spiro atoms. The van der Waals surface area contributed by atoms with Crippen molar-refractivity contribution in [3.63, 3.8) is 0 Å². The molecule has 96 valence electrons. The van der Waals surface area contributed by atoms with Crippen LogP contribution in [-0.2, 0) is 0 Å². The highest BCUT2D eigenvalue weighted by Gasteiger charge is 2.09. The molecule has 0 fully saturated rings. The summed E-state index contributed by atoms with van der Waals surface area (Å²) in [5, 5.41) is 21.9. The van der Waals surface area contributed by atoms with Crippen LogP contribution in [0.25, 0.3) is 0 Å². The molecule has 19 heavy (non-hydrogen) atoms. The number of nitrogens with one attached hydrogen (secondary N) is 1. The van der Waals surface area contributed by atoms with E-state index in [0.717, 1.165) is 11.1 Å². The Balaban J connectivity index is 2.05. The Morgan fingerprint density at radius 2 is 2.16 bits per heavy atom. The number of aromatic nitrogens is 2. The van der Waals surface area contributed by atoms with Gasteiger partial charge in [0.1, 0.15) is 6.07 Å². The lowest BCUT2D eigenvalue weighted by molar-refractivity contribution is 0.191. The number of anilines is 1. The zero-order chi connectivity index (χ0) is 13.7. The van der Waals surface area contributed by atoms with Crippen LogP contribution in [0.15, 0.2) is 36.7 Å². The molecule has 2 rings (SSSR count). The minimum Gasteiger partial charge on any atom is -0.387 e. The first-order valence-corrected chi connectivity index (χ1v) is 5.90. The topological polar surface area (TPSA) is 81.8 Å². The minimum absolute atomic E-state index is 0.221. The van der Waals surface area contributed by atoms with Gasteiger partial charge in [-0.2, -0.15) is 5.26 Å². The standard InChI is InChI=1S/C14H14N4O/c1-10-3-2-4-11(7-10)13(19)9-18-14-12(8-15)16-5-6-17-14/h2-7,13,19H,9H2,1H3,(H,17,18). The second-order valence-electron chi connectivity index (χ2n) is 4.18. The van der Waals surface area contributed by atoms with Crippen molar-refractivity contribution in [2.75, 3.05) is 11.9 Å². The lowest BCUT2D eigenvalue weighted by Gasteiger charge is -2.13. The number of benzene rings is 1. The van der Waals surface area contributed by atoms with Crippen molar-refractivity contribution in [2.45, 2.75) is 13.0 Å². The number of aryl methyl sites for hydroxylation is 1. The highest BCUT2D eigenvalue weighted by molar-refractivity contribution is 5.46. The second-order valence-corrected chi connectivity index (χ2v) is 4.18. The van der Waals surface area contributed by atoms with Gasteiger partial charge in [0.15, 0.2) is 11.5 Å². The fraction of sp³-hybridized carbons (Fsp3) is 0.214. The molecule has 0 radical (unpaired) electrons. The van der Waals surface area contributed by atoms with Crippen molar-refractivity contribution in [2.24, 2.45) is 0 Å². The van der Waals surface area contributed by atoms with Gasteiger partial charge in [-0.15, -0.1) is 0 Å². The molecule has 0 saturated heterocycles. The van der Waals surface area contributed by atoms with Crippen molar-refractivity contribution in [3.8, 4) is 6.07 Å². The fourth-order valence-electron chi connectivity index (χ4n) is 1.74. The van der Waals surface area contributed by atoms with Crippen LogP contribution < -0.4 is 5.32 Å². The number of nitriles is 1. The van der Waals surface area contributed by atoms with Crippen LogP contribution in [-0.4, -0.2) is 21.6 Å². The quantitative estimate of drug-likeness (QED) is 0.869. The van der Waals surface area contributed by atoms with E-state index in [2.05, 4.69) is 15.3 Å². The van der Waals surface area contributed by atoms with Crippen molar-refractivity contribution < 1.29 is 5.11 Å². The first-order valence-electron chi connectivity index (χ1n) is 5.90. The number of rotatable bonds is 4. The van der Waals surface area contributed by atoms with Crippen molar-refractivity contribution >= 4 is 5.82 Å². The Labute approximate surface area is 111 Å². The third-order valence-electron chi connectivity index (χ3n) is 2.69. The third-order valence-corrected chi connectivity index (χ3v) is 2.69. The molecule has 0 saturated carbocycles. The van der Waals surface area contributed by atoms with E-state index in [0.29, 0.717) is 5.82 Å². The van der Waals surface area contributed by atoms with E-state index in [-0.39, 0.29) is 12.2 Å². The van der Waals surface area contributed by atoms with E-state index < -0.39 is 6.10 Å². The number of aliphatic hydroxyl groups is 1. The van der Waals surface area contributed by atoms with Gasteiger partial charge in [-0.1, -0.05) is 29.8 Å². The SMILES string of the molecule is Cc1cccc(C(O)CNc2nccnc2C#N)c1. The molecular weight excluding hydrogens is 240 g/mol. The number of hydrogen-bond donors (Lipinski definition) is 2. The molecule has 0 amide bonds. The van der Waals surface area contributed by atoms with Gasteiger partial charge in [0, 0.05) is 18.9 Å². The summed E-state index contributed by atoms with van der Waals surface area (Å²) in [5.41, 5.74) is 2.14. The summed E-state index contributed by atoms with van der Waals surface area (Å²) < 4.78 is 0. The molecule has 2 aromatic rings. The predicted molar refractivity (Wildman–Crippen MR) is 71.4 cm³/mol. The van der Waals surface area contributed by atoms with Crippen LogP contribution in [0, 0.1) is 18.3 Å². The van der Waals surface area contributed by atoms with Gasteiger partial charge < -0.3 is 10.4 Å². The van der Waals surface area contributed by atoms with Gasteiger partial charge >= 0.3 is 0 Å². The van der Waals surface area contributed by atoms with Crippen molar-refractivity contribution in [1.82, 2.24) is 9.97 Å². The van der Waals surface area contributed by atoms with Gasteiger partial charge in [0.25, 0.3) is 0 Å². The van der Waals surface area contributed by atoms with Crippen LogP contribution in [0.1, 0.15) is 22.9 Å². The first-order chi connectivity index (χ1) is 9.20. The molecule has 2 N–H and O–H groups in total. The average Bonchev–Trinajstić information content (AvgIpc) is 2.45. The van der Waals surface area contributed by atoms with Crippen LogP contribution >= 0.6 is 0 Å². The summed E-state index contributed by atoms with van der Waals surface area (Å²) in [6, 6.07) is 9.61. The highest BCUT2D eigenvalue weighted by Crippen LogP contribution is 2.15. The molecule has 1 atom stereocenters. The molecule has 1 aromatic carbocycles. The van der Waals surface area contributed by atoms with E-state index in [1.54, 1.807) is 0 Å². The molecule has 0 aliphatic rings. The van der Waals surface area contributed by atoms with Gasteiger partial charge in [-0.25, -0.2) is 9.97 Å². The predicted octanol–water partition coefficient (Wildman–Crippen LogP) is 1.80. The number of aliphatic hydroxyl groups excluding tert-OH is 1. The lowest BCUT2D eigenvalue weighted by Crippen LogP contribution is -2.14. The Morgan fingerprint density at radius 3 is 2.89 bits per heavy atom. The summed E-state index contributed by atoms with van der Waals surface area (Å²) in [4.78, 5) is 7.92. The minimum atomic E-state index is -0.659. The summed E-state index contributed by atoms with van der Waals surface area (Å²) >= 11 is 0. The van der Waals surface area contributed by atoms with Crippen LogP contribution in [0.3, 0.4) is 0 Å². The van der Waals surface area contributed by atoms with Crippen molar-refractivity contribution in [1.29, 1.82) is 5.26 Å². The molecule has 1 unspecified atom stereocenters. The third kappa shape index (κ3) is 3.27. The molecule has 1 aromatic heterocycles. The van der Waals surface area contributed by atoms with Gasteiger partial charge in [0.05, 0.1) is 6.10 Å². The number of nitrogens with zero attached hydrogens (tertiary/aromatic N) is 3. The molecular formula is C14H14N4O. The van der Waals surface area contributed by atoms with Gasteiger partial charge in [-0.3, -0.25) is 0 Å². The fourth-order valence-corrected chi connectivity index (χ4v) is 1.74. The molecule has 1 heterocycles. The molecule has 5 nitrogen and oxygen atoms in total. The summed E-state index contributed by atoms with van der Waals surface area (Å²) in [6.45, 7) is 2.25. The largest absolute Gasteiger partial charge is 0.387 e. The average molecular weight is 254 g/mol. The first kappa shape index (κ1) is 13.0. The second kappa shape index (κ2) is 5.94. The number of hydrogen-bond acceptors (Lipinski definition) is 5. The maximum absolute atomic E-state index is 10.1. The van der Waals surface area contributed by atoms with E-state index in [4.69, 9.17) is 5.26 Å². The monoisotopic (exact) mass is 254 g/mol. The lowest BCUT2D eigenvalue weighted by atomic mass is 10.1. The molecule has 0 bridgehead atoms. The Bertz CT molecular complexity index is 606. The summed E-state index contributed by atoms with van der Waals surface area (Å²) in [5.74, 6) is 0.386. The normalized spacial score (nSPS) is 11.6. The van der Waals surface area contributed by atoms with E-state index >= 15 is 0 Å². The van der Waals surface area contributed by atoms with E-state index in [9.17, 15) is 5.11 Å². The van der Waals surface area contributed by atoms with E-state index in [1.165, 1.54) is 12.4 Å². The molecule has 0 aliphatic heterocycles. The Morgan fingerprint density at radius 1 is 1.37 bits per heavy atom. The molecule has 5 heteroatoms. The smallest absolute Gasteiger partial charge is 0.182 e. The van der Waals surface area contributed by atoms with E-state index in [1.807, 2.05) is 37.3 Å². The maximum Gasteiger partial charge on any atom is 0.182 e. The molecule has 0 aliphatic carbocycles. The highest BCUT2D eigenvalue weighted by atomic mass is 16.3. The Kier molecular flexibility index (Phi) is 4.06. The summed E-state index contributed by atoms with van der Waals surface area (Å²) in [6.07, 6.45) is 2.30. The zero-order valence-corrected chi connectivity index (χ0v) is 10.5. The van der Waals surface area contributed by atoms with Crippen LogP contribution in [0.5, 0.6) is 0 Å². The van der Waals surface area contributed by atoms with Gasteiger partial charge in [0.2, 0.25) is 0 Å². The van der Waals surface area contributed by atoms with Gasteiger partial charge in [-0.05, 0) is 12.5 Å². The van der Waals surface area contributed by atoms with Crippen molar-refractivity contribution in [3.05, 3.63) is 53.5 Å². The van der Waals surface area contributed by atoms with Crippen LogP contribution in [0.4, 0.5) is 5.82 Å². The van der Waals surface area contributed by atoms with Crippen LogP contribution in [0.2, 0.25) is 0 Å².